The van der Waals surface area contributed by atoms with E-state index in [0.717, 1.165) is 48.1 Å². The Balaban J connectivity index is 1.32. The molecular weight excluding hydrogens is 426 g/mol. The van der Waals surface area contributed by atoms with Crippen LogP contribution in [0, 0.1) is 5.92 Å². The van der Waals surface area contributed by atoms with Gasteiger partial charge in [0.25, 0.3) is 0 Å². The van der Waals surface area contributed by atoms with Gasteiger partial charge in [-0.1, -0.05) is 52.3 Å². The van der Waals surface area contributed by atoms with Gasteiger partial charge in [0, 0.05) is 11.0 Å². The van der Waals surface area contributed by atoms with Gasteiger partial charge in [-0.3, -0.25) is 0 Å². The van der Waals surface area contributed by atoms with E-state index in [0.29, 0.717) is 12.5 Å². The molecule has 4 heteroatoms. The van der Waals surface area contributed by atoms with E-state index in [2.05, 4.69) is 63.3 Å². The average molecular weight is 454 g/mol. The van der Waals surface area contributed by atoms with Gasteiger partial charge >= 0.3 is 0 Å². The summed E-state index contributed by atoms with van der Waals surface area (Å²) in [4.78, 5) is 2.40. The van der Waals surface area contributed by atoms with Crippen LogP contribution in [0.2, 0.25) is 0 Å². The highest BCUT2D eigenvalue weighted by Gasteiger charge is 2.22. The van der Waals surface area contributed by atoms with Crippen LogP contribution in [-0.4, -0.2) is 36.8 Å². The smallest absolute Gasteiger partial charge is 0.119 e. The van der Waals surface area contributed by atoms with Crippen molar-refractivity contribution in [2.24, 2.45) is 5.92 Å². The van der Waals surface area contributed by atoms with E-state index in [1.165, 1.54) is 16.3 Å². The zero-order valence-electron chi connectivity index (χ0n) is 16.9. The highest BCUT2D eigenvalue weighted by Crippen LogP contribution is 2.29. The van der Waals surface area contributed by atoms with Crippen LogP contribution in [-0.2, 0) is 6.42 Å². The topological polar surface area (TPSA) is 32.7 Å². The molecule has 0 spiro atoms. The summed E-state index contributed by atoms with van der Waals surface area (Å²) in [5.41, 5.74) is 2.32. The van der Waals surface area contributed by atoms with Crippen LogP contribution in [0.3, 0.4) is 0 Å². The number of aliphatic hydroxyl groups excluding tert-OH is 1. The van der Waals surface area contributed by atoms with E-state index < -0.39 is 6.10 Å². The number of halogens is 1. The maximum atomic E-state index is 10.8. The molecule has 3 aromatic rings. The van der Waals surface area contributed by atoms with Crippen LogP contribution in [0.4, 0.5) is 0 Å². The molecule has 0 radical (unpaired) electrons. The van der Waals surface area contributed by atoms with Crippen molar-refractivity contribution in [1.29, 1.82) is 0 Å². The van der Waals surface area contributed by atoms with Crippen molar-refractivity contribution in [2.45, 2.75) is 25.4 Å². The summed E-state index contributed by atoms with van der Waals surface area (Å²) in [6, 6.07) is 20.8. The number of rotatable bonds is 6. The number of hydrogen-bond donors (Lipinski definition) is 1. The van der Waals surface area contributed by atoms with Crippen molar-refractivity contribution in [3.05, 3.63) is 76.3 Å². The molecule has 0 aromatic heterocycles. The molecule has 152 valence electrons. The van der Waals surface area contributed by atoms with Gasteiger partial charge in [0.05, 0.1) is 13.2 Å². The van der Waals surface area contributed by atoms with Gasteiger partial charge in [0.2, 0.25) is 0 Å². The van der Waals surface area contributed by atoms with Crippen molar-refractivity contribution < 1.29 is 9.84 Å². The van der Waals surface area contributed by atoms with E-state index in [1.54, 1.807) is 7.11 Å². The van der Waals surface area contributed by atoms with Gasteiger partial charge in [-0.15, -0.1) is 0 Å². The molecule has 0 amide bonds. The summed E-state index contributed by atoms with van der Waals surface area (Å²) >= 11 is 3.67. The minimum Gasteiger partial charge on any atom is -0.497 e. The molecule has 1 saturated heterocycles. The molecule has 1 aliphatic heterocycles. The largest absolute Gasteiger partial charge is 0.497 e. The zero-order valence-corrected chi connectivity index (χ0v) is 18.4. The van der Waals surface area contributed by atoms with Gasteiger partial charge in [0.15, 0.2) is 0 Å². The maximum absolute atomic E-state index is 10.8. The fourth-order valence-electron chi connectivity index (χ4n) is 4.28. The summed E-state index contributed by atoms with van der Waals surface area (Å²) in [6.07, 6.45) is 2.95. The number of likely N-dealkylation sites (tertiary alicyclic amines) is 1. The lowest BCUT2D eigenvalue weighted by Crippen LogP contribution is -2.37. The predicted molar refractivity (Wildman–Crippen MR) is 122 cm³/mol. The highest BCUT2D eigenvalue weighted by atomic mass is 79.9. The summed E-state index contributed by atoms with van der Waals surface area (Å²) in [5.74, 6) is 1.59. The Morgan fingerprint density at radius 2 is 1.79 bits per heavy atom. The number of fused-ring (bicyclic) bond motifs is 1. The average Bonchev–Trinajstić information content (AvgIpc) is 2.76. The Hall–Kier alpha value is -1.88. The van der Waals surface area contributed by atoms with Crippen molar-refractivity contribution in [3.63, 3.8) is 0 Å². The molecule has 3 aromatic carbocycles. The molecule has 1 N–H and O–H groups in total. The summed E-state index contributed by atoms with van der Waals surface area (Å²) in [7, 11) is 1.71. The maximum Gasteiger partial charge on any atom is 0.119 e. The van der Waals surface area contributed by atoms with Crippen molar-refractivity contribution >= 4 is 26.7 Å². The number of β-amino-alcohol motifs (C(OH)–C–C–N with tert-alkyl or cyclic N) is 1. The third-order valence-electron chi connectivity index (χ3n) is 6.06. The first-order valence-electron chi connectivity index (χ1n) is 10.3. The normalized spacial score (nSPS) is 16.8. The fraction of sp³-hybridized carbons (Fsp3) is 0.360. The number of ether oxygens (including phenoxy) is 1. The van der Waals surface area contributed by atoms with Gasteiger partial charge in [-0.2, -0.15) is 0 Å². The van der Waals surface area contributed by atoms with Gasteiger partial charge < -0.3 is 14.7 Å². The molecule has 3 nitrogen and oxygen atoms in total. The van der Waals surface area contributed by atoms with E-state index >= 15 is 0 Å². The van der Waals surface area contributed by atoms with Crippen LogP contribution >= 0.6 is 15.9 Å². The Morgan fingerprint density at radius 1 is 1.03 bits per heavy atom. The second-order valence-corrected chi connectivity index (χ2v) is 8.88. The minimum atomic E-state index is -0.441. The molecule has 1 fully saturated rings. The first kappa shape index (κ1) is 20.4. The lowest BCUT2D eigenvalue weighted by Gasteiger charge is -2.33. The summed E-state index contributed by atoms with van der Waals surface area (Å²) in [6.45, 7) is 2.78. The molecule has 4 rings (SSSR count). The monoisotopic (exact) mass is 453 g/mol. The quantitative estimate of drug-likeness (QED) is 0.527. The molecular formula is C25H28BrNO2. The third-order valence-corrected chi connectivity index (χ3v) is 6.83. The molecule has 0 saturated carbocycles. The Morgan fingerprint density at radius 3 is 2.55 bits per heavy atom. The molecule has 0 bridgehead atoms. The molecule has 1 aliphatic rings. The van der Waals surface area contributed by atoms with E-state index in [1.807, 2.05) is 18.2 Å². The Kier molecular flexibility index (Phi) is 6.53. The Bertz CT molecular complexity index is 966. The van der Waals surface area contributed by atoms with Crippen LogP contribution in [0.5, 0.6) is 5.75 Å². The molecule has 1 atom stereocenters. The number of piperidine rings is 1. The SMILES string of the molecule is COc1ccc(Br)c(CC2CCN(CC(O)c3ccc4ccccc4c3)CC2)c1. The van der Waals surface area contributed by atoms with Crippen molar-refractivity contribution in [3.8, 4) is 5.75 Å². The van der Waals surface area contributed by atoms with Gasteiger partial charge in [-0.25, -0.2) is 0 Å². The van der Waals surface area contributed by atoms with Crippen LogP contribution in [0.15, 0.2) is 65.1 Å². The van der Waals surface area contributed by atoms with E-state index in [-0.39, 0.29) is 0 Å². The summed E-state index contributed by atoms with van der Waals surface area (Å²) in [5, 5.41) is 13.2. The van der Waals surface area contributed by atoms with Crippen LogP contribution in [0.25, 0.3) is 10.8 Å². The number of aliphatic hydroxyl groups is 1. The van der Waals surface area contributed by atoms with E-state index in [4.69, 9.17) is 4.74 Å². The van der Waals surface area contributed by atoms with Crippen molar-refractivity contribution in [2.75, 3.05) is 26.7 Å². The molecule has 1 heterocycles. The number of nitrogens with zero attached hydrogens (tertiary/aromatic N) is 1. The fourth-order valence-corrected chi connectivity index (χ4v) is 4.69. The molecule has 29 heavy (non-hydrogen) atoms. The van der Waals surface area contributed by atoms with Crippen molar-refractivity contribution in [1.82, 2.24) is 4.90 Å². The molecule has 0 aliphatic carbocycles. The van der Waals surface area contributed by atoms with Gasteiger partial charge in [-0.05, 0) is 84.4 Å². The lowest BCUT2D eigenvalue weighted by atomic mass is 9.90. The zero-order chi connectivity index (χ0) is 20.2. The van der Waals surface area contributed by atoms with Gasteiger partial charge in [0.1, 0.15) is 5.75 Å². The standard InChI is InChI=1S/C25H28BrNO2/c1-29-23-8-9-24(26)22(16-23)14-18-10-12-27(13-11-18)17-25(28)21-7-6-19-4-2-3-5-20(19)15-21/h2-9,15-16,18,25,28H,10-14,17H2,1H3. The minimum absolute atomic E-state index is 0.441. The second kappa shape index (κ2) is 9.29. The molecule has 1 unspecified atom stereocenters. The highest BCUT2D eigenvalue weighted by molar-refractivity contribution is 9.10. The number of methoxy groups -OCH3 is 1. The lowest BCUT2D eigenvalue weighted by molar-refractivity contribution is 0.0893. The summed E-state index contributed by atoms with van der Waals surface area (Å²) < 4.78 is 6.53. The third kappa shape index (κ3) is 5.00. The first-order valence-corrected chi connectivity index (χ1v) is 11.1. The first-order chi connectivity index (χ1) is 14.1. The number of hydrogen-bond acceptors (Lipinski definition) is 3. The predicted octanol–water partition coefficient (Wildman–Crippen LogP) is 5.60. The van der Waals surface area contributed by atoms with Crippen LogP contribution < -0.4 is 4.74 Å². The van der Waals surface area contributed by atoms with E-state index in [9.17, 15) is 5.11 Å². The number of benzene rings is 3. The Labute approximate surface area is 181 Å². The second-order valence-electron chi connectivity index (χ2n) is 8.03. The van der Waals surface area contributed by atoms with Crippen LogP contribution in [0.1, 0.15) is 30.1 Å².